The molecule has 0 N–H and O–H groups in total. The molecule has 5 heteroatoms. The van der Waals surface area contributed by atoms with E-state index in [9.17, 15) is 4.79 Å². The summed E-state index contributed by atoms with van der Waals surface area (Å²) in [5, 5.41) is 0.874. The smallest absolute Gasteiger partial charge is 0.262 e. The van der Waals surface area contributed by atoms with Gasteiger partial charge in [0.25, 0.3) is 5.56 Å². The first kappa shape index (κ1) is 21.0. The molecule has 1 aliphatic rings. The fraction of sp³-hybridized carbons (Fsp3) is 0.440. The quantitative estimate of drug-likeness (QED) is 0.488. The number of benzene rings is 1. The van der Waals surface area contributed by atoms with Crippen LogP contribution in [0.15, 0.2) is 53.6 Å². The maximum atomic E-state index is 13.2. The van der Waals surface area contributed by atoms with Crippen LogP contribution >= 0.6 is 11.3 Å². The molecule has 30 heavy (non-hydrogen) atoms. The minimum Gasteiger partial charge on any atom is -0.299 e. The third-order valence-electron chi connectivity index (χ3n) is 6.11. The highest BCUT2D eigenvalue weighted by atomic mass is 32.1. The fourth-order valence-corrected chi connectivity index (χ4v) is 5.85. The van der Waals surface area contributed by atoms with Crippen molar-refractivity contribution >= 4 is 21.6 Å². The summed E-state index contributed by atoms with van der Waals surface area (Å²) in [5.74, 6) is 0. The number of aromatic nitrogens is 2. The van der Waals surface area contributed by atoms with Crippen LogP contribution in [-0.2, 0) is 25.8 Å². The molecular weight excluding hydrogens is 390 g/mol. The standard InChI is InChI=1S/C25H31N3OS/c1-4-27(16-18(2)3)20-12-13-21-22(15-20)30-24-23(21)25(29)28(17-26-24)14-8-11-19-9-6-5-7-10-19/h5-7,9-10,17,20H,2,4,8,11-16H2,1,3H3/t20-/m0/s1. The molecule has 3 aromatic rings. The summed E-state index contributed by atoms with van der Waals surface area (Å²) >= 11 is 1.72. The van der Waals surface area contributed by atoms with Crippen LogP contribution < -0.4 is 5.56 Å². The van der Waals surface area contributed by atoms with E-state index in [0.29, 0.717) is 12.6 Å². The topological polar surface area (TPSA) is 38.1 Å². The molecule has 4 nitrogen and oxygen atoms in total. The first-order valence-corrected chi connectivity index (χ1v) is 11.8. The third-order valence-corrected chi connectivity index (χ3v) is 7.28. The Morgan fingerprint density at radius 1 is 1.33 bits per heavy atom. The zero-order valence-electron chi connectivity index (χ0n) is 18.1. The number of fused-ring (bicyclic) bond motifs is 3. The van der Waals surface area contributed by atoms with Gasteiger partial charge in [0, 0.05) is 24.0 Å². The molecule has 0 saturated heterocycles. The van der Waals surface area contributed by atoms with Gasteiger partial charge < -0.3 is 0 Å². The first-order valence-electron chi connectivity index (χ1n) is 11.0. The number of rotatable bonds is 8. The van der Waals surface area contributed by atoms with Gasteiger partial charge in [-0.05, 0) is 56.7 Å². The van der Waals surface area contributed by atoms with Crippen LogP contribution in [-0.4, -0.2) is 33.6 Å². The van der Waals surface area contributed by atoms with Crippen molar-refractivity contribution in [2.45, 2.75) is 58.5 Å². The summed E-state index contributed by atoms with van der Waals surface area (Å²) in [7, 11) is 0. The van der Waals surface area contributed by atoms with Gasteiger partial charge in [0.05, 0.1) is 11.7 Å². The van der Waals surface area contributed by atoms with E-state index in [0.717, 1.165) is 55.4 Å². The van der Waals surface area contributed by atoms with E-state index in [1.807, 2.05) is 10.6 Å². The molecular formula is C25H31N3OS. The normalized spacial score (nSPS) is 16.2. The molecule has 158 valence electrons. The van der Waals surface area contributed by atoms with Gasteiger partial charge in [-0.2, -0.15) is 0 Å². The second-order valence-electron chi connectivity index (χ2n) is 8.43. The van der Waals surface area contributed by atoms with Crippen molar-refractivity contribution < 1.29 is 0 Å². The van der Waals surface area contributed by atoms with Crippen LogP contribution in [0.25, 0.3) is 10.2 Å². The van der Waals surface area contributed by atoms with Gasteiger partial charge in [0.15, 0.2) is 0 Å². The molecule has 2 aromatic heterocycles. The van der Waals surface area contributed by atoms with Gasteiger partial charge in [-0.1, -0.05) is 49.4 Å². The van der Waals surface area contributed by atoms with Crippen LogP contribution in [0, 0.1) is 0 Å². The fourth-order valence-electron chi connectivity index (χ4n) is 4.60. The lowest BCUT2D eigenvalue weighted by Crippen LogP contribution is -2.39. The molecule has 4 rings (SSSR count). The van der Waals surface area contributed by atoms with E-state index < -0.39 is 0 Å². The average molecular weight is 422 g/mol. The van der Waals surface area contributed by atoms with Crippen molar-refractivity contribution in [1.29, 1.82) is 0 Å². The summed E-state index contributed by atoms with van der Waals surface area (Å²) in [6.45, 7) is 11.1. The summed E-state index contributed by atoms with van der Waals surface area (Å²) in [4.78, 5) is 22.7. The molecule has 1 aliphatic carbocycles. The van der Waals surface area contributed by atoms with Gasteiger partial charge in [-0.25, -0.2) is 4.98 Å². The van der Waals surface area contributed by atoms with Crippen LogP contribution in [0.3, 0.4) is 0 Å². The van der Waals surface area contributed by atoms with Gasteiger partial charge in [-0.3, -0.25) is 14.3 Å². The minimum atomic E-state index is 0.137. The Balaban J connectivity index is 1.52. The van der Waals surface area contributed by atoms with Crippen LogP contribution in [0.5, 0.6) is 0 Å². The molecule has 0 saturated carbocycles. The lowest BCUT2D eigenvalue weighted by atomic mass is 9.92. The molecule has 0 amide bonds. The summed E-state index contributed by atoms with van der Waals surface area (Å²) in [6.07, 6.45) is 6.75. The Bertz CT molecular complexity index is 1080. The van der Waals surface area contributed by atoms with Gasteiger partial charge in [0.2, 0.25) is 0 Å². The van der Waals surface area contributed by atoms with Crippen molar-refractivity contribution in [1.82, 2.24) is 14.5 Å². The molecule has 1 atom stereocenters. The van der Waals surface area contributed by atoms with Gasteiger partial charge in [0.1, 0.15) is 4.83 Å². The largest absolute Gasteiger partial charge is 0.299 e. The predicted octanol–water partition coefficient (Wildman–Crippen LogP) is 4.85. The Hall–Kier alpha value is -2.24. The van der Waals surface area contributed by atoms with Gasteiger partial charge >= 0.3 is 0 Å². The highest BCUT2D eigenvalue weighted by molar-refractivity contribution is 7.18. The Morgan fingerprint density at radius 2 is 2.13 bits per heavy atom. The second kappa shape index (κ2) is 9.27. The maximum Gasteiger partial charge on any atom is 0.262 e. The summed E-state index contributed by atoms with van der Waals surface area (Å²) in [6, 6.07) is 11.0. The average Bonchev–Trinajstić information content (AvgIpc) is 3.12. The number of hydrogen-bond acceptors (Lipinski definition) is 4. The van der Waals surface area contributed by atoms with Crippen molar-refractivity contribution in [3.8, 4) is 0 Å². The van der Waals surface area contributed by atoms with Crippen LogP contribution in [0.2, 0.25) is 0 Å². The number of nitrogens with zero attached hydrogens (tertiary/aromatic N) is 3. The first-order chi connectivity index (χ1) is 14.6. The van der Waals surface area contributed by atoms with E-state index in [1.54, 1.807) is 17.7 Å². The van der Waals surface area contributed by atoms with E-state index in [2.05, 4.69) is 54.6 Å². The van der Waals surface area contributed by atoms with Crippen molar-refractivity contribution in [2.24, 2.45) is 0 Å². The highest BCUT2D eigenvalue weighted by Crippen LogP contribution is 2.35. The lowest BCUT2D eigenvalue weighted by Gasteiger charge is -2.33. The van der Waals surface area contributed by atoms with E-state index >= 15 is 0 Å². The minimum absolute atomic E-state index is 0.137. The number of likely N-dealkylation sites (N-methyl/N-ethyl adjacent to an activating group) is 1. The molecule has 0 bridgehead atoms. The zero-order valence-corrected chi connectivity index (χ0v) is 18.9. The number of aryl methyl sites for hydroxylation is 3. The Morgan fingerprint density at radius 3 is 2.87 bits per heavy atom. The van der Waals surface area contributed by atoms with E-state index in [-0.39, 0.29) is 5.56 Å². The van der Waals surface area contributed by atoms with Crippen LogP contribution in [0.4, 0.5) is 0 Å². The second-order valence-corrected chi connectivity index (χ2v) is 9.52. The number of thiophene rings is 1. The molecule has 0 radical (unpaired) electrons. The predicted molar refractivity (Wildman–Crippen MR) is 127 cm³/mol. The molecule has 2 heterocycles. The highest BCUT2D eigenvalue weighted by Gasteiger charge is 2.28. The van der Waals surface area contributed by atoms with E-state index in [4.69, 9.17) is 0 Å². The Kier molecular flexibility index (Phi) is 6.49. The number of hydrogen-bond donors (Lipinski definition) is 0. The monoisotopic (exact) mass is 421 g/mol. The molecule has 0 aliphatic heterocycles. The summed E-state index contributed by atoms with van der Waals surface area (Å²) in [5.41, 5.74) is 3.92. The molecule has 0 fully saturated rings. The van der Waals surface area contributed by atoms with Crippen molar-refractivity contribution in [3.63, 3.8) is 0 Å². The van der Waals surface area contributed by atoms with Crippen molar-refractivity contribution in [2.75, 3.05) is 13.1 Å². The molecule has 1 aromatic carbocycles. The molecule has 0 unspecified atom stereocenters. The molecule has 0 spiro atoms. The van der Waals surface area contributed by atoms with Gasteiger partial charge in [-0.15, -0.1) is 11.3 Å². The third kappa shape index (κ3) is 4.42. The van der Waals surface area contributed by atoms with E-state index in [1.165, 1.54) is 21.6 Å². The summed E-state index contributed by atoms with van der Waals surface area (Å²) < 4.78 is 1.81. The SMILES string of the molecule is C=C(C)CN(CC)[C@H]1CCc2c(sc3ncn(CCCc4ccccc4)c(=O)c23)C1. The lowest BCUT2D eigenvalue weighted by molar-refractivity contribution is 0.206. The zero-order chi connectivity index (χ0) is 21.1. The van der Waals surface area contributed by atoms with Crippen molar-refractivity contribution in [3.05, 3.63) is 75.2 Å². The van der Waals surface area contributed by atoms with Crippen LogP contribution in [0.1, 0.15) is 42.7 Å². The Labute approximate surface area is 182 Å². The maximum absolute atomic E-state index is 13.2.